The van der Waals surface area contributed by atoms with Crippen LogP contribution >= 0.6 is 11.6 Å². The first-order valence-corrected chi connectivity index (χ1v) is 9.84. The standard InChI is InChI=1S/C21H31ClN2O6/c1-20(2,3)29-18(27)23-24(19(28)30-21(4,5)6)16(13-25)17(26)12-9-14-7-10-15(22)11-8-14/h7-12,16-17,25-26H,13H2,1-6H3,(H,23,27)/b12-9+/t16?,17-/m1/s1. The maximum atomic E-state index is 12.6. The van der Waals surface area contributed by atoms with Gasteiger partial charge < -0.3 is 19.7 Å². The van der Waals surface area contributed by atoms with E-state index in [-0.39, 0.29) is 0 Å². The average Bonchev–Trinajstić information content (AvgIpc) is 2.58. The number of aliphatic hydroxyl groups is 2. The second-order valence-corrected chi connectivity index (χ2v) is 9.05. The fourth-order valence-corrected chi connectivity index (χ4v) is 2.35. The summed E-state index contributed by atoms with van der Waals surface area (Å²) >= 11 is 5.85. The number of amides is 2. The number of carbonyl (C=O) groups excluding carboxylic acids is 2. The van der Waals surface area contributed by atoms with Crippen molar-refractivity contribution in [3.63, 3.8) is 0 Å². The molecule has 168 valence electrons. The molecule has 0 heterocycles. The van der Waals surface area contributed by atoms with Crippen LogP contribution in [0.25, 0.3) is 6.08 Å². The van der Waals surface area contributed by atoms with E-state index in [1.807, 2.05) is 0 Å². The number of ether oxygens (including phenoxy) is 2. The average molecular weight is 443 g/mol. The molecule has 0 aliphatic heterocycles. The fraction of sp³-hybridized carbons (Fsp3) is 0.524. The van der Waals surface area contributed by atoms with Crippen molar-refractivity contribution in [2.75, 3.05) is 6.61 Å². The number of halogens is 1. The van der Waals surface area contributed by atoms with Crippen molar-refractivity contribution in [3.05, 3.63) is 40.9 Å². The van der Waals surface area contributed by atoms with Crippen LogP contribution in [0.2, 0.25) is 5.02 Å². The normalized spacial score (nSPS) is 14.2. The maximum Gasteiger partial charge on any atom is 0.429 e. The Bertz CT molecular complexity index is 737. The predicted octanol–water partition coefficient (Wildman–Crippen LogP) is 3.75. The third kappa shape index (κ3) is 9.47. The van der Waals surface area contributed by atoms with Gasteiger partial charge in [-0.05, 0) is 59.2 Å². The molecule has 0 bridgehead atoms. The summed E-state index contributed by atoms with van der Waals surface area (Å²) in [6.07, 6.45) is -0.219. The first kappa shape index (κ1) is 25.7. The van der Waals surface area contributed by atoms with Gasteiger partial charge >= 0.3 is 12.2 Å². The smallest absolute Gasteiger partial charge is 0.429 e. The molecule has 3 N–H and O–H groups in total. The molecule has 0 aliphatic rings. The molecule has 0 spiro atoms. The largest absolute Gasteiger partial charge is 0.443 e. The van der Waals surface area contributed by atoms with Gasteiger partial charge in [0.05, 0.1) is 12.7 Å². The Morgan fingerprint density at radius 1 is 1.10 bits per heavy atom. The minimum absolute atomic E-state index is 0.568. The summed E-state index contributed by atoms with van der Waals surface area (Å²) in [6, 6.07) is 5.63. The van der Waals surface area contributed by atoms with Crippen molar-refractivity contribution in [2.24, 2.45) is 0 Å². The molecule has 0 saturated heterocycles. The Hall–Kier alpha value is -2.29. The number of carbonyl (C=O) groups is 2. The summed E-state index contributed by atoms with van der Waals surface area (Å²) in [5.41, 5.74) is 1.33. The summed E-state index contributed by atoms with van der Waals surface area (Å²) in [4.78, 5) is 24.9. The number of rotatable bonds is 5. The number of nitrogens with zero attached hydrogens (tertiary/aromatic N) is 1. The molecule has 1 rings (SSSR count). The van der Waals surface area contributed by atoms with Crippen LogP contribution in [-0.2, 0) is 9.47 Å². The van der Waals surface area contributed by atoms with Gasteiger partial charge in [-0.15, -0.1) is 0 Å². The molecule has 1 aromatic rings. The molecule has 0 aromatic heterocycles. The third-order valence-electron chi connectivity index (χ3n) is 3.47. The predicted molar refractivity (Wildman–Crippen MR) is 115 cm³/mol. The highest BCUT2D eigenvalue weighted by Gasteiger charge is 2.34. The zero-order chi connectivity index (χ0) is 23.1. The maximum absolute atomic E-state index is 12.6. The SMILES string of the molecule is CC(C)(C)OC(=O)NN(C(=O)OC(C)(C)C)C(CO)[C@H](O)/C=C/c1ccc(Cl)cc1. The highest BCUT2D eigenvalue weighted by molar-refractivity contribution is 6.30. The second-order valence-electron chi connectivity index (χ2n) is 8.62. The Kier molecular flexibility index (Phi) is 9.14. The van der Waals surface area contributed by atoms with Gasteiger partial charge in [0.2, 0.25) is 0 Å². The van der Waals surface area contributed by atoms with Gasteiger partial charge in [0, 0.05) is 5.02 Å². The van der Waals surface area contributed by atoms with Crippen LogP contribution in [0, 0.1) is 0 Å². The number of hydrogen-bond donors (Lipinski definition) is 3. The fourth-order valence-electron chi connectivity index (χ4n) is 2.23. The van der Waals surface area contributed by atoms with Gasteiger partial charge in [0.25, 0.3) is 0 Å². The number of hydrazine groups is 1. The van der Waals surface area contributed by atoms with Gasteiger partial charge in [-0.25, -0.2) is 20.0 Å². The molecule has 0 saturated carbocycles. The quantitative estimate of drug-likeness (QED) is 0.599. The van der Waals surface area contributed by atoms with E-state index in [2.05, 4.69) is 5.43 Å². The minimum atomic E-state index is -1.33. The first-order chi connectivity index (χ1) is 13.7. The lowest BCUT2D eigenvalue weighted by molar-refractivity contribution is -0.0343. The van der Waals surface area contributed by atoms with E-state index < -0.39 is 42.1 Å². The van der Waals surface area contributed by atoms with E-state index in [4.69, 9.17) is 21.1 Å². The monoisotopic (exact) mass is 442 g/mol. The molecule has 2 amide bonds. The summed E-state index contributed by atoms with van der Waals surface area (Å²) in [5.74, 6) is 0. The van der Waals surface area contributed by atoms with Crippen molar-refractivity contribution in [1.82, 2.24) is 10.4 Å². The number of benzene rings is 1. The van der Waals surface area contributed by atoms with Crippen molar-refractivity contribution >= 4 is 29.9 Å². The van der Waals surface area contributed by atoms with Crippen LogP contribution < -0.4 is 5.43 Å². The van der Waals surface area contributed by atoms with Gasteiger partial charge in [0.1, 0.15) is 17.2 Å². The highest BCUT2D eigenvalue weighted by atomic mass is 35.5. The number of nitrogens with one attached hydrogen (secondary N) is 1. The van der Waals surface area contributed by atoms with E-state index in [1.54, 1.807) is 71.9 Å². The molecule has 1 aromatic carbocycles. The molecule has 0 fully saturated rings. The molecule has 1 unspecified atom stereocenters. The van der Waals surface area contributed by atoms with Gasteiger partial charge in [0.15, 0.2) is 0 Å². The zero-order valence-electron chi connectivity index (χ0n) is 18.2. The molecule has 8 nitrogen and oxygen atoms in total. The molecule has 0 aliphatic carbocycles. The van der Waals surface area contributed by atoms with Crippen molar-refractivity contribution < 1.29 is 29.3 Å². The Labute approximate surface area is 182 Å². The summed E-state index contributed by atoms with van der Waals surface area (Å²) < 4.78 is 10.5. The molecule has 30 heavy (non-hydrogen) atoms. The zero-order valence-corrected chi connectivity index (χ0v) is 18.9. The van der Waals surface area contributed by atoms with Gasteiger partial charge in [-0.2, -0.15) is 0 Å². The van der Waals surface area contributed by atoms with Crippen LogP contribution in [0.1, 0.15) is 47.1 Å². The lowest BCUT2D eigenvalue weighted by atomic mass is 10.1. The van der Waals surface area contributed by atoms with E-state index in [0.29, 0.717) is 5.02 Å². The third-order valence-corrected chi connectivity index (χ3v) is 3.72. The van der Waals surface area contributed by atoms with Gasteiger partial charge in [-0.3, -0.25) is 0 Å². The lowest BCUT2D eigenvalue weighted by Gasteiger charge is -2.34. The van der Waals surface area contributed by atoms with E-state index in [1.165, 1.54) is 6.08 Å². The molecular formula is C21H31ClN2O6. The first-order valence-electron chi connectivity index (χ1n) is 9.46. The van der Waals surface area contributed by atoms with Crippen molar-refractivity contribution in [3.8, 4) is 0 Å². The molecule has 2 atom stereocenters. The van der Waals surface area contributed by atoms with E-state index in [0.717, 1.165) is 10.6 Å². The Morgan fingerprint density at radius 2 is 1.63 bits per heavy atom. The van der Waals surface area contributed by atoms with Crippen LogP contribution in [-0.4, -0.2) is 57.4 Å². The van der Waals surface area contributed by atoms with Crippen LogP contribution in [0.4, 0.5) is 9.59 Å². The van der Waals surface area contributed by atoms with Crippen molar-refractivity contribution in [2.45, 2.75) is 64.9 Å². The van der Waals surface area contributed by atoms with Crippen LogP contribution in [0.15, 0.2) is 30.3 Å². The summed E-state index contributed by atoms with van der Waals surface area (Å²) in [7, 11) is 0. The Balaban J connectivity index is 3.07. The second kappa shape index (κ2) is 10.7. The van der Waals surface area contributed by atoms with Crippen LogP contribution in [0.3, 0.4) is 0 Å². The molecular weight excluding hydrogens is 412 g/mol. The number of aliphatic hydroxyl groups excluding tert-OH is 2. The number of hydrogen-bond acceptors (Lipinski definition) is 6. The Morgan fingerprint density at radius 3 is 2.10 bits per heavy atom. The lowest BCUT2D eigenvalue weighted by Crippen LogP contribution is -2.58. The highest BCUT2D eigenvalue weighted by Crippen LogP contribution is 2.16. The summed E-state index contributed by atoms with van der Waals surface area (Å²) in [6.45, 7) is 9.30. The van der Waals surface area contributed by atoms with Crippen molar-refractivity contribution in [1.29, 1.82) is 0 Å². The minimum Gasteiger partial charge on any atom is -0.443 e. The topological polar surface area (TPSA) is 108 Å². The molecule has 0 radical (unpaired) electrons. The van der Waals surface area contributed by atoms with E-state index in [9.17, 15) is 19.8 Å². The molecule has 9 heteroatoms. The van der Waals surface area contributed by atoms with E-state index >= 15 is 0 Å². The van der Waals surface area contributed by atoms with Crippen LogP contribution in [0.5, 0.6) is 0 Å². The van der Waals surface area contributed by atoms with Gasteiger partial charge in [-0.1, -0.05) is 35.9 Å². The summed E-state index contributed by atoms with van der Waals surface area (Å²) in [5, 5.41) is 21.7.